The number of nitrogens with one attached hydrogen (secondary N) is 1. The Labute approximate surface area is 260 Å². The standard InChI is InChI=1S/C31H28Cl3N3O4S/c1-35-31(39)29(19-22-11-4-2-5-12-22)36(20-24-25(32)16-10-17-26(24)33)30(38)21-37(28-18-9-8-15-27(28)34)42(40,41)23-13-6-3-7-14-23/h2-18,29H,19-21H2,1H3,(H,35,39). The van der Waals surface area contributed by atoms with Gasteiger partial charge in [0, 0.05) is 35.6 Å². The minimum atomic E-state index is -4.26. The molecule has 0 radical (unpaired) electrons. The van der Waals surface area contributed by atoms with E-state index in [0.717, 1.165) is 9.87 Å². The van der Waals surface area contributed by atoms with Gasteiger partial charge in [0.05, 0.1) is 15.6 Å². The predicted octanol–water partition coefficient (Wildman–Crippen LogP) is 6.23. The summed E-state index contributed by atoms with van der Waals surface area (Å²) in [6.45, 7) is -0.796. The number of halogens is 3. The van der Waals surface area contributed by atoms with Gasteiger partial charge in [-0.15, -0.1) is 0 Å². The number of carbonyl (C=O) groups is 2. The molecule has 4 aromatic carbocycles. The molecular formula is C31H28Cl3N3O4S. The molecule has 0 heterocycles. The van der Waals surface area contributed by atoms with Crippen molar-refractivity contribution in [1.82, 2.24) is 10.2 Å². The number of hydrogen-bond donors (Lipinski definition) is 1. The van der Waals surface area contributed by atoms with E-state index >= 15 is 0 Å². The third kappa shape index (κ3) is 7.25. The molecule has 0 spiro atoms. The molecule has 1 atom stereocenters. The number of hydrogen-bond acceptors (Lipinski definition) is 4. The molecule has 11 heteroatoms. The van der Waals surface area contributed by atoms with Gasteiger partial charge in [-0.25, -0.2) is 8.42 Å². The van der Waals surface area contributed by atoms with Crippen molar-refractivity contribution in [1.29, 1.82) is 0 Å². The van der Waals surface area contributed by atoms with Crippen molar-refractivity contribution in [2.75, 3.05) is 17.9 Å². The van der Waals surface area contributed by atoms with E-state index in [0.29, 0.717) is 15.6 Å². The number of nitrogens with zero attached hydrogens (tertiary/aromatic N) is 2. The lowest BCUT2D eigenvalue weighted by Crippen LogP contribution is -2.53. The fourth-order valence-corrected chi connectivity index (χ4v) is 6.72. The fourth-order valence-electron chi connectivity index (χ4n) is 4.46. The van der Waals surface area contributed by atoms with Crippen LogP contribution in [0.15, 0.2) is 108 Å². The third-order valence-electron chi connectivity index (χ3n) is 6.64. The van der Waals surface area contributed by atoms with E-state index in [4.69, 9.17) is 34.8 Å². The smallest absolute Gasteiger partial charge is 0.264 e. The summed E-state index contributed by atoms with van der Waals surface area (Å²) in [6, 6.07) is 27.2. The molecule has 1 N–H and O–H groups in total. The van der Waals surface area contributed by atoms with Crippen LogP contribution in [-0.4, -0.2) is 44.8 Å². The number of benzene rings is 4. The molecule has 0 aliphatic heterocycles. The fraction of sp³-hybridized carbons (Fsp3) is 0.161. The maximum Gasteiger partial charge on any atom is 0.264 e. The second-order valence-electron chi connectivity index (χ2n) is 9.32. The average molecular weight is 645 g/mol. The second-order valence-corrected chi connectivity index (χ2v) is 12.4. The van der Waals surface area contributed by atoms with Crippen molar-refractivity contribution in [3.05, 3.63) is 129 Å². The Kier molecular flexibility index (Phi) is 10.5. The number of para-hydroxylation sites is 1. The molecule has 0 aromatic heterocycles. The normalized spacial score (nSPS) is 11.9. The van der Waals surface area contributed by atoms with Crippen LogP contribution in [0.3, 0.4) is 0 Å². The molecule has 0 fully saturated rings. The van der Waals surface area contributed by atoms with Gasteiger partial charge in [0.15, 0.2) is 0 Å². The quantitative estimate of drug-likeness (QED) is 0.210. The lowest BCUT2D eigenvalue weighted by molar-refractivity contribution is -0.139. The number of amides is 2. The molecule has 1 unspecified atom stereocenters. The average Bonchev–Trinajstić information content (AvgIpc) is 2.99. The Balaban J connectivity index is 1.82. The number of likely N-dealkylation sites (N-methyl/N-ethyl adjacent to an activating group) is 1. The maximum atomic E-state index is 14.3. The summed E-state index contributed by atoms with van der Waals surface area (Å²) in [7, 11) is -2.78. The molecule has 218 valence electrons. The minimum absolute atomic E-state index is 0.0226. The van der Waals surface area contributed by atoms with Crippen LogP contribution < -0.4 is 9.62 Å². The van der Waals surface area contributed by atoms with Crippen molar-refractivity contribution in [2.45, 2.75) is 23.9 Å². The molecule has 4 aromatic rings. The van der Waals surface area contributed by atoms with E-state index in [2.05, 4.69) is 5.32 Å². The zero-order valence-electron chi connectivity index (χ0n) is 22.6. The third-order valence-corrected chi connectivity index (χ3v) is 9.44. The van der Waals surface area contributed by atoms with E-state index in [1.54, 1.807) is 54.6 Å². The largest absolute Gasteiger partial charge is 0.357 e. The molecule has 0 aliphatic rings. The Hall–Kier alpha value is -3.56. The Morgan fingerprint density at radius 2 is 1.31 bits per heavy atom. The lowest BCUT2D eigenvalue weighted by atomic mass is 10.0. The lowest BCUT2D eigenvalue weighted by Gasteiger charge is -2.34. The van der Waals surface area contributed by atoms with Crippen molar-refractivity contribution < 1.29 is 18.0 Å². The van der Waals surface area contributed by atoms with Crippen LogP contribution in [0.4, 0.5) is 5.69 Å². The van der Waals surface area contributed by atoms with Gasteiger partial charge in [-0.3, -0.25) is 13.9 Å². The molecular weight excluding hydrogens is 617 g/mol. The molecule has 7 nitrogen and oxygen atoms in total. The SMILES string of the molecule is CNC(=O)C(Cc1ccccc1)N(Cc1c(Cl)cccc1Cl)C(=O)CN(c1ccccc1Cl)S(=O)(=O)c1ccccc1. The van der Waals surface area contributed by atoms with Gasteiger partial charge >= 0.3 is 0 Å². The van der Waals surface area contributed by atoms with Gasteiger partial charge < -0.3 is 10.2 Å². The Morgan fingerprint density at radius 1 is 0.762 bits per heavy atom. The number of sulfonamides is 1. The van der Waals surface area contributed by atoms with Gasteiger partial charge in [-0.2, -0.15) is 0 Å². The zero-order valence-corrected chi connectivity index (χ0v) is 25.7. The molecule has 0 saturated heterocycles. The summed E-state index contributed by atoms with van der Waals surface area (Å²) < 4.78 is 28.8. The van der Waals surface area contributed by atoms with E-state index < -0.39 is 34.4 Å². The van der Waals surface area contributed by atoms with Crippen molar-refractivity contribution >= 4 is 62.3 Å². The minimum Gasteiger partial charge on any atom is -0.357 e. The van der Waals surface area contributed by atoms with Crippen LogP contribution in [0.2, 0.25) is 15.1 Å². The molecule has 0 saturated carbocycles. The summed E-state index contributed by atoms with van der Waals surface area (Å²) >= 11 is 19.4. The van der Waals surface area contributed by atoms with Gasteiger partial charge in [0.1, 0.15) is 12.6 Å². The highest BCUT2D eigenvalue weighted by Crippen LogP contribution is 2.32. The van der Waals surface area contributed by atoms with Gasteiger partial charge in [-0.1, -0.05) is 102 Å². The summed E-state index contributed by atoms with van der Waals surface area (Å²) in [5.41, 5.74) is 1.34. The first-order valence-electron chi connectivity index (χ1n) is 12.9. The number of rotatable bonds is 11. The van der Waals surface area contributed by atoms with Crippen LogP contribution in [-0.2, 0) is 32.6 Å². The highest BCUT2D eigenvalue weighted by atomic mass is 35.5. The van der Waals surface area contributed by atoms with Crippen LogP contribution in [0, 0.1) is 0 Å². The van der Waals surface area contributed by atoms with Crippen LogP contribution in [0.25, 0.3) is 0 Å². The molecule has 4 rings (SSSR count). The Morgan fingerprint density at radius 3 is 1.90 bits per heavy atom. The van der Waals surface area contributed by atoms with Crippen LogP contribution in [0.5, 0.6) is 0 Å². The monoisotopic (exact) mass is 643 g/mol. The Bertz CT molecular complexity index is 1630. The van der Waals surface area contributed by atoms with E-state index in [-0.39, 0.29) is 28.6 Å². The summed E-state index contributed by atoms with van der Waals surface area (Å²) in [5.74, 6) is -1.10. The molecule has 42 heavy (non-hydrogen) atoms. The molecule has 0 bridgehead atoms. The van der Waals surface area contributed by atoms with Crippen LogP contribution in [0.1, 0.15) is 11.1 Å². The first-order chi connectivity index (χ1) is 20.1. The highest BCUT2D eigenvalue weighted by Gasteiger charge is 2.35. The second kappa shape index (κ2) is 14.1. The van der Waals surface area contributed by atoms with Crippen LogP contribution >= 0.6 is 34.8 Å². The maximum absolute atomic E-state index is 14.3. The molecule has 0 aliphatic carbocycles. The first-order valence-corrected chi connectivity index (χ1v) is 15.5. The number of anilines is 1. The van der Waals surface area contributed by atoms with Crippen molar-refractivity contribution in [2.24, 2.45) is 0 Å². The topological polar surface area (TPSA) is 86.8 Å². The van der Waals surface area contributed by atoms with E-state index in [9.17, 15) is 18.0 Å². The van der Waals surface area contributed by atoms with E-state index in [1.807, 2.05) is 30.3 Å². The van der Waals surface area contributed by atoms with Gasteiger partial charge in [0.25, 0.3) is 10.0 Å². The summed E-state index contributed by atoms with van der Waals surface area (Å²) in [6.07, 6.45) is 0.159. The van der Waals surface area contributed by atoms with Gasteiger partial charge in [-0.05, 0) is 42.0 Å². The first kappa shape index (κ1) is 31.4. The van der Waals surface area contributed by atoms with E-state index in [1.165, 1.54) is 30.1 Å². The van der Waals surface area contributed by atoms with Crippen molar-refractivity contribution in [3.8, 4) is 0 Å². The van der Waals surface area contributed by atoms with Gasteiger partial charge in [0.2, 0.25) is 11.8 Å². The predicted molar refractivity (Wildman–Crippen MR) is 167 cm³/mol. The zero-order chi connectivity index (χ0) is 30.3. The highest BCUT2D eigenvalue weighted by molar-refractivity contribution is 7.92. The molecule has 2 amide bonds. The number of carbonyl (C=O) groups excluding carboxylic acids is 2. The van der Waals surface area contributed by atoms with Crippen molar-refractivity contribution in [3.63, 3.8) is 0 Å². The summed E-state index contributed by atoms with van der Waals surface area (Å²) in [4.78, 5) is 28.9. The summed E-state index contributed by atoms with van der Waals surface area (Å²) in [5, 5.41) is 3.37.